The Balaban J connectivity index is 1.62. The molecule has 10 nitrogen and oxygen atoms in total. The Bertz CT molecular complexity index is 1830. The molecule has 0 bridgehead atoms. The number of ether oxygens (including phenoxy) is 2. The maximum atomic E-state index is 13.3. The van der Waals surface area contributed by atoms with Crippen LogP contribution < -0.4 is 5.32 Å². The summed E-state index contributed by atoms with van der Waals surface area (Å²) in [6.07, 6.45) is -15.0. The van der Waals surface area contributed by atoms with Gasteiger partial charge in [-0.2, -0.15) is 36.6 Å². The van der Waals surface area contributed by atoms with Crippen LogP contribution in [-0.2, 0) is 31.4 Å². The van der Waals surface area contributed by atoms with Crippen LogP contribution >= 0.6 is 0 Å². The van der Waals surface area contributed by atoms with Crippen molar-refractivity contribution in [2.75, 3.05) is 5.32 Å². The van der Waals surface area contributed by atoms with Gasteiger partial charge in [-0.3, -0.25) is 4.79 Å². The van der Waals surface area contributed by atoms with Crippen molar-refractivity contribution in [1.29, 1.82) is 0 Å². The number of nitrogens with one attached hydrogen (secondary N) is 1. The Kier molecular flexibility index (Phi) is 10.6. The van der Waals surface area contributed by atoms with Crippen molar-refractivity contribution in [1.82, 2.24) is 0 Å². The zero-order valence-corrected chi connectivity index (χ0v) is 24.0. The molecule has 0 aliphatic heterocycles. The molecule has 48 heavy (non-hydrogen) atoms. The van der Waals surface area contributed by atoms with Crippen LogP contribution in [0.2, 0.25) is 0 Å². The number of carboxylic acids is 1. The topological polar surface area (TPSA) is 144 Å². The van der Waals surface area contributed by atoms with Gasteiger partial charge in [0, 0.05) is 5.69 Å². The van der Waals surface area contributed by atoms with E-state index in [1.54, 1.807) is 30.3 Å². The molecule has 0 saturated heterocycles. The smallest absolute Gasteiger partial charge is 0.416 e. The molecule has 16 heteroatoms. The van der Waals surface area contributed by atoms with E-state index >= 15 is 0 Å². The average Bonchev–Trinajstić information content (AvgIpc) is 3.05. The third kappa shape index (κ3) is 9.24. The van der Waals surface area contributed by atoms with E-state index in [-0.39, 0.29) is 5.69 Å². The summed E-state index contributed by atoms with van der Waals surface area (Å²) >= 11 is 0. The summed E-state index contributed by atoms with van der Waals surface area (Å²) in [5.74, 6) is -6.75. The molecule has 4 aromatic rings. The first-order valence-corrected chi connectivity index (χ1v) is 13.5. The van der Waals surface area contributed by atoms with Crippen molar-refractivity contribution < 1.29 is 60.1 Å². The monoisotopic (exact) mass is 673 g/mol. The number of aliphatic carboxylic acids is 1. The van der Waals surface area contributed by atoms with Gasteiger partial charge in [-0.15, -0.1) is 0 Å². The minimum absolute atomic E-state index is 0.0212. The maximum absolute atomic E-state index is 13.3. The average molecular weight is 674 g/mol. The summed E-state index contributed by atoms with van der Waals surface area (Å²) < 4.78 is 89.1. The van der Waals surface area contributed by atoms with Gasteiger partial charge in [-0.1, -0.05) is 30.3 Å². The lowest BCUT2D eigenvalue weighted by Gasteiger charge is -2.24. The normalized spacial score (nSPS) is 13.0. The highest BCUT2D eigenvalue weighted by molar-refractivity contribution is 6.01. The molecule has 0 fully saturated rings. The summed E-state index contributed by atoms with van der Waals surface area (Å²) in [5, 5.41) is 20.1. The first-order valence-electron chi connectivity index (χ1n) is 13.5. The molecule has 0 aliphatic rings. The number of carboxylic acid groups (broad SMARTS) is 1. The van der Waals surface area contributed by atoms with Gasteiger partial charge < -0.3 is 19.9 Å². The van der Waals surface area contributed by atoms with Gasteiger partial charge in [0.1, 0.15) is 0 Å². The summed E-state index contributed by atoms with van der Waals surface area (Å²) in [6.45, 7) is 0. The fourth-order valence-corrected chi connectivity index (χ4v) is 3.94. The second kappa shape index (κ2) is 14.6. The van der Waals surface area contributed by atoms with Crippen molar-refractivity contribution in [3.63, 3.8) is 0 Å². The van der Waals surface area contributed by atoms with Crippen LogP contribution in [0, 0.1) is 0 Å². The zero-order chi connectivity index (χ0) is 35.1. The number of azo groups is 1. The van der Waals surface area contributed by atoms with Gasteiger partial charge in [0.15, 0.2) is 0 Å². The summed E-state index contributed by atoms with van der Waals surface area (Å²) in [7, 11) is 0. The molecule has 0 unspecified atom stereocenters. The molecule has 0 spiro atoms. The fraction of sp³-hybridized carbons (Fsp3) is 0.125. The first kappa shape index (κ1) is 34.8. The lowest BCUT2D eigenvalue weighted by molar-refractivity contribution is -0.157. The molecule has 4 aromatic carbocycles. The highest BCUT2D eigenvalue weighted by Crippen LogP contribution is 2.31. The molecule has 1 amide bonds. The number of alkyl halides is 6. The van der Waals surface area contributed by atoms with Crippen LogP contribution in [-0.4, -0.2) is 41.1 Å². The van der Waals surface area contributed by atoms with Crippen LogP contribution in [0.4, 0.5) is 43.4 Å². The van der Waals surface area contributed by atoms with Gasteiger partial charge in [0.25, 0.3) is 5.91 Å². The zero-order valence-electron chi connectivity index (χ0n) is 24.0. The molecule has 0 radical (unpaired) electrons. The van der Waals surface area contributed by atoms with Crippen LogP contribution in [0.3, 0.4) is 0 Å². The Morgan fingerprint density at radius 3 is 1.52 bits per heavy atom. The molecular formula is C32H21F6N3O7. The van der Waals surface area contributed by atoms with E-state index in [1.165, 1.54) is 24.3 Å². The minimum Gasteiger partial charge on any atom is -0.478 e. The SMILES string of the molecule is O=C(O[C@H](C(=O)Nc1ccc(N=Nc2ccccc2)cc1)[C@@H](OC(=O)c1cccc(C(F)(F)F)c1)C(=O)O)c1cccc(C(F)(F)F)c1. The Morgan fingerprint density at radius 2 is 1.06 bits per heavy atom. The highest BCUT2D eigenvalue weighted by Gasteiger charge is 2.42. The Labute approximate surface area is 266 Å². The number of carbonyl (C=O) groups excluding carboxylic acids is 3. The van der Waals surface area contributed by atoms with E-state index in [2.05, 4.69) is 15.5 Å². The van der Waals surface area contributed by atoms with Crippen LogP contribution in [0.25, 0.3) is 0 Å². The summed E-state index contributed by atoms with van der Waals surface area (Å²) in [4.78, 5) is 51.2. The van der Waals surface area contributed by atoms with E-state index in [9.17, 15) is 50.6 Å². The predicted octanol–water partition coefficient (Wildman–Crippen LogP) is 7.61. The van der Waals surface area contributed by atoms with Crippen molar-refractivity contribution in [3.05, 3.63) is 125 Å². The van der Waals surface area contributed by atoms with Gasteiger partial charge in [-0.25, -0.2) is 14.4 Å². The Hall–Kier alpha value is -6.06. The third-order valence-electron chi connectivity index (χ3n) is 6.27. The van der Waals surface area contributed by atoms with Gasteiger partial charge in [0.2, 0.25) is 12.2 Å². The van der Waals surface area contributed by atoms with E-state index in [0.29, 0.717) is 35.6 Å². The number of esters is 2. The first-order chi connectivity index (χ1) is 22.6. The molecule has 248 valence electrons. The molecule has 2 N–H and O–H groups in total. The van der Waals surface area contributed by atoms with Crippen LogP contribution in [0.1, 0.15) is 31.8 Å². The number of nitrogens with zero attached hydrogens (tertiary/aromatic N) is 2. The minimum atomic E-state index is -4.89. The van der Waals surface area contributed by atoms with Gasteiger partial charge in [0.05, 0.1) is 33.6 Å². The molecular weight excluding hydrogens is 652 g/mol. The standard InChI is InChI=1S/C32H21F6N3O7/c33-31(34,35)20-8-4-6-18(16-20)29(45)47-25(26(28(43)44)48-30(46)19-7-5-9-21(17-19)32(36,37)38)27(42)39-22-12-14-24(15-13-22)41-40-23-10-2-1-3-11-23/h1-17,25-26H,(H,39,42)(H,43,44)/t25-,26+/m0/s1. The number of amides is 1. The van der Waals surface area contributed by atoms with Crippen molar-refractivity contribution in [3.8, 4) is 0 Å². The highest BCUT2D eigenvalue weighted by atomic mass is 19.4. The second-order valence-corrected chi connectivity index (χ2v) is 9.72. The lowest BCUT2D eigenvalue weighted by Crippen LogP contribution is -2.48. The summed E-state index contributed by atoms with van der Waals surface area (Å²) in [5.41, 5.74) is -3.22. The van der Waals surface area contributed by atoms with Crippen molar-refractivity contribution in [2.45, 2.75) is 24.6 Å². The maximum Gasteiger partial charge on any atom is 0.416 e. The molecule has 0 aromatic heterocycles. The molecule has 2 atom stereocenters. The molecule has 0 heterocycles. The van der Waals surface area contributed by atoms with Crippen LogP contribution in [0.15, 0.2) is 113 Å². The number of carbonyl (C=O) groups is 4. The molecule has 0 aliphatic carbocycles. The van der Waals surface area contributed by atoms with E-state index < -0.39 is 70.6 Å². The number of rotatable bonds is 10. The van der Waals surface area contributed by atoms with Gasteiger partial charge >= 0.3 is 30.3 Å². The molecule has 0 saturated carbocycles. The number of hydrogen-bond acceptors (Lipinski definition) is 8. The van der Waals surface area contributed by atoms with Crippen LogP contribution in [0.5, 0.6) is 0 Å². The van der Waals surface area contributed by atoms with E-state index in [0.717, 1.165) is 24.3 Å². The summed E-state index contributed by atoms with van der Waals surface area (Å²) in [6, 6.07) is 19.5. The molecule has 4 rings (SSSR count). The second-order valence-electron chi connectivity index (χ2n) is 9.72. The third-order valence-corrected chi connectivity index (χ3v) is 6.27. The fourth-order valence-electron chi connectivity index (χ4n) is 3.94. The number of halogens is 6. The number of hydrogen-bond donors (Lipinski definition) is 2. The van der Waals surface area contributed by atoms with Crippen molar-refractivity contribution >= 4 is 40.9 Å². The number of benzene rings is 4. The van der Waals surface area contributed by atoms with E-state index in [1.807, 2.05) is 0 Å². The quantitative estimate of drug-likeness (QED) is 0.100. The lowest BCUT2D eigenvalue weighted by atomic mass is 10.1. The predicted molar refractivity (Wildman–Crippen MR) is 155 cm³/mol. The van der Waals surface area contributed by atoms with E-state index in [4.69, 9.17) is 9.47 Å². The number of anilines is 1. The largest absolute Gasteiger partial charge is 0.478 e. The van der Waals surface area contributed by atoms with Crippen molar-refractivity contribution in [2.24, 2.45) is 10.2 Å². The Morgan fingerprint density at radius 1 is 0.604 bits per heavy atom. The van der Waals surface area contributed by atoms with Gasteiger partial charge in [-0.05, 0) is 72.8 Å².